The Balaban J connectivity index is 0.000000196. The van der Waals surface area contributed by atoms with E-state index in [0.29, 0.717) is 92.3 Å². The first kappa shape index (κ1) is 64.2. The van der Waals surface area contributed by atoms with Gasteiger partial charge in [-0.2, -0.15) is 9.97 Å². The Bertz CT molecular complexity index is 3430. The van der Waals surface area contributed by atoms with Crippen molar-refractivity contribution in [2.24, 2.45) is 11.7 Å². The lowest BCUT2D eigenvalue weighted by atomic mass is 9.92. The van der Waals surface area contributed by atoms with Crippen molar-refractivity contribution < 1.29 is 46.7 Å². The van der Waals surface area contributed by atoms with E-state index >= 15 is 8.78 Å². The van der Waals surface area contributed by atoms with Crippen molar-refractivity contribution in [1.29, 1.82) is 0 Å². The van der Waals surface area contributed by atoms with Crippen molar-refractivity contribution in [2.45, 2.75) is 121 Å². The molecule has 3 aromatic carbocycles. The zero-order valence-corrected chi connectivity index (χ0v) is 51.3. The molecule has 7 aromatic rings. The Morgan fingerprint density at radius 2 is 1.68 bits per heavy atom. The number of hydrogen-bond acceptors (Lipinski definition) is 17. The second-order valence-corrected chi connectivity index (χ2v) is 24.3. The van der Waals surface area contributed by atoms with Crippen molar-refractivity contribution in [1.82, 2.24) is 45.5 Å². The van der Waals surface area contributed by atoms with Crippen molar-refractivity contribution in [3.8, 4) is 27.7 Å². The molecule has 5 aliphatic heterocycles. The predicted molar refractivity (Wildman–Crippen MR) is 331 cm³/mol. The van der Waals surface area contributed by atoms with Crippen LogP contribution >= 0.6 is 11.3 Å². The molecule has 0 saturated carbocycles. The summed E-state index contributed by atoms with van der Waals surface area (Å²) < 4.78 is 63.5. The van der Waals surface area contributed by atoms with Crippen LogP contribution in [0.1, 0.15) is 107 Å². The van der Waals surface area contributed by atoms with Crippen LogP contribution in [0.2, 0.25) is 0 Å². The standard InChI is InChI=1S/C33H35F3N6O2.C29H39N5O3S.CH3NO.CH4O/c1-43-17-22-10-12-33(11-3-13-42(22)33)18-44-32-39-30-24(31(40-32)41-15-20-7-8-21(16-41)38-20)14-37-29(28(30)36)23-5-2-4-19-6-9-25(34)27(35)26(19)23;1-20(2)27(25-17-26(32-37-25)34-15-13-33(19-35)14-16-34)29(36)30-12-6-5-7-21(3)23-8-10-24(11-9-23)28-22(4)31-18-38-28;2-1-3;1-2/h2,4-6,9,14,20-22,38H,3,7-8,10-13,15-18H2,1H3;8-11,17-21,27H,5-7,12-16H2,1-4H3,(H,30,36);1H,(H2,2,3);2H,1H3. The lowest BCUT2D eigenvalue weighted by molar-refractivity contribution is -0.124. The number of nitrogens with zero attached hydrogens (tertiary/aromatic N) is 9. The van der Waals surface area contributed by atoms with E-state index in [1.165, 1.54) is 22.1 Å². The summed E-state index contributed by atoms with van der Waals surface area (Å²) in [5.74, 6) is -0.697. The first-order chi connectivity index (χ1) is 42.2. The maximum atomic E-state index is 16.6. The van der Waals surface area contributed by atoms with Gasteiger partial charge in [-0.15, -0.1) is 11.3 Å². The Kier molecular flexibility index (Phi) is 21.8. The first-order valence-corrected chi connectivity index (χ1v) is 31.0. The number of nitrogens with two attached hydrogens (primary N) is 1. The van der Waals surface area contributed by atoms with Crippen LogP contribution in [0.25, 0.3) is 43.4 Å². The van der Waals surface area contributed by atoms with Crippen LogP contribution in [0.15, 0.2) is 76.9 Å². The molecule has 6 atom stereocenters. The Hall–Kier alpha value is -7.31. The van der Waals surface area contributed by atoms with Crippen LogP contribution in [-0.4, -0.2) is 162 Å². The van der Waals surface area contributed by atoms with Gasteiger partial charge >= 0.3 is 6.01 Å². The van der Waals surface area contributed by atoms with Crippen LogP contribution < -0.4 is 30.9 Å². The number of hydrogen-bond donors (Lipinski definition) is 4. The lowest BCUT2D eigenvalue weighted by Gasteiger charge is -2.35. The number of aryl methyl sites for hydroxylation is 1. The van der Waals surface area contributed by atoms with E-state index in [1.807, 2.05) is 32.3 Å². The minimum Gasteiger partial charge on any atom is -0.461 e. The number of aliphatic hydroxyl groups is 1. The maximum Gasteiger partial charge on any atom is 0.319 e. The number of rotatable bonds is 19. The highest BCUT2D eigenvalue weighted by Gasteiger charge is 2.50. The Morgan fingerprint density at radius 1 is 0.931 bits per heavy atom. The van der Waals surface area contributed by atoms with Crippen LogP contribution in [0.4, 0.5) is 24.8 Å². The number of methoxy groups -OCH3 is 1. The van der Waals surface area contributed by atoms with E-state index < -0.39 is 17.5 Å². The highest BCUT2D eigenvalue weighted by Crippen LogP contribution is 2.44. The average Bonchev–Trinajstić information content (AvgIpc) is 1.73. The first-order valence-electron chi connectivity index (χ1n) is 30.1. The van der Waals surface area contributed by atoms with E-state index in [-0.39, 0.29) is 57.9 Å². The van der Waals surface area contributed by atoms with Crippen molar-refractivity contribution in [3.05, 3.63) is 107 Å². The van der Waals surface area contributed by atoms with Crippen LogP contribution in [0.3, 0.4) is 0 Å². The number of unbranched alkanes of at least 4 members (excludes halogenated alkanes) is 1. The summed E-state index contributed by atoms with van der Waals surface area (Å²) >= 11 is 1.68. The predicted octanol–water partition coefficient (Wildman–Crippen LogP) is 9.15. The lowest BCUT2D eigenvalue weighted by Crippen LogP contribution is -2.51. The number of pyridine rings is 1. The number of piperazine rings is 2. The molecule has 5 N–H and O–H groups in total. The molecule has 5 saturated heterocycles. The molecule has 23 heteroatoms. The summed E-state index contributed by atoms with van der Waals surface area (Å²) in [7, 11) is 2.74. The molecule has 0 spiro atoms. The number of carbonyl (C=O) groups is 3. The molecule has 3 amide bonds. The smallest absolute Gasteiger partial charge is 0.319 e. The summed E-state index contributed by atoms with van der Waals surface area (Å²) in [4.78, 5) is 60.7. The van der Waals surface area contributed by atoms with Gasteiger partial charge in [0.2, 0.25) is 18.7 Å². The molecule has 0 radical (unpaired) electrons. The molecular weight excluding hydrogens is 1140 g/mol. The van der Waals surface area contributed by atoms with Crippen molar-refractivity contribution in [2.75, 3.05) is 89.6 Å². The SMILES string of the molecule is CO.COCC1CCC2(COc3nc(N4CC5CCC(C4)N5)c4cnc(-c5cccc6ccc(F)c(F)c56)c(F)c4n3)CCCN12.Cc1ncsc1-c1ccc(C(C)CCCCNC(=O)C(c2cc(N3CCN(C=O)CC3)no2)C(C)C)cc1.NC=O. The molecule has 5 fully saturated rings. The number of carbonyl (C=O) groups excluding carboxylic acids is 3. The third-order valence-corrected chi connectivity index (χ3v) is 18.6. The number of amides is 3. The van der Waals surface area contributed by atoms with E-state index in [2.05, 4.69) is 82.4 Å². The van der Waals surface area contributed by atoms with E-state index in [9.17, 15) is 14.0 Å². The second kappa shape index (κ2) is 29.6. The number of anilines is 2. The number of primary amides is 1. The van der Waals surface area contributed by atoms with E-state index in [4.69, 9.17) is 28.9 Å². The Morgan fingerprint density at radius 3 is 2.37 bits per heavy atom. The van der Waals surface area contributed by atoms with E-state index in [1.54, 1.807) is 47.7 Å². The number of aromatic nitrogens is 5. The van der Waals surface area contributed by atoms with Gasteiger partial charge in [-0.25, -0.2) is 18.2 Å². The van der Waals surface area contributed by atoms with Crippen molar-refractivity contribution >= 4 is 63.4 Å². The number of nitrogens with one attached hydrogen (secondary N) is 2. The molecule has 5 aliphatic rings. The monoisotopic (exact) mass is 1220 g/mol. The third kappa shape index (κ3) is 14.5. The summed E-state index contributed by atoms with van der Waals surface area (Å²) in [6.45, 7) is 15.3. The zero-order valence-electron chi connectivity index (χ0n) is 50.5. The fraction of sp³-hybridized carbons (Fsp3) is 0.500. The van der Waals surface area contributed by atoms with Gasteiger partial charge in [0.25, 0.3) is 0 Å². The molecule has 2 bridgehead atoms. The summed E-state index contributed by atoms with van der Waals surface area (Å²) in [5, 5.41) is 18.9. The van der Waals surface area contributed by atoms with Gasteiger partial charge in [-0.1, -0.05) is 80.9 Å². The number of thiazole rings is 1. The van der Waals surface area contributed by atoms with Gasteiger partial charge in [0.05, 0.1) is 33.6 Å². The van der Waals surface area contributed by atoms with Crippen LogP contribution in [-0.2, 0) is 19.1 Å². The minimum absolute atomic E-state index is 0.0181. The van der Waals surface area contributed by atoms with Gasteiger partial charge < -0.3 is 50.2 Å². The fourth-order valence-corrected chi connectivity index (χ4v) is 14.0. The Labute approximate surface area is 510 Å². The number of halogens is 3. The average molecular weight is 1220 g/mol. The number of benzene rings is 3. The van der Waals surface area contributed by atoms with Crippen molar-refractivity contribution in [3.63, 3.8) is 0 Å². The third-order valence-electron chi connectivity index (χ3n) is 17.6. The quantitative estimate of drug-likeness (QED) is 0.0437. The summed E-state index contributed by atoms with van der Waals surface area (Å²) in [6.07, 6.45) is 12.0. The van der Waals surface area contributed by atoms with Crippen LogP contribution in [0, 0.1) is 30.3 Å². The van der Waals surface area contributed by atoms with Gasteiger partial charge in [-0.3, -0.25) is 24.3 Å². The molecule has 6 unspecified atom stereocenters. The van der Waals surface area contributed by atoms with Crippen LogP contribution in [0.5, 0.6) is 6.01 Å². The highest BCUT2D eigenvalue weighted by molar-refractivity contribution is 7.13. The minimum atomic E-state index is -1.04. The molecule has 87 heavy (non-hydrogen) atoms. The molecule has 466 valence electrons. The molecule has 19 nitrogen and oxygen atoms in total. The number of aliphatic hydroxyl groups excluding tert-OH is 1. The molecular formula is C64H81F3N12O7S. The molecule has 9 heterocycles. The van der Waals surface area contributed by atoms with Gasteiger partial charge in [0.1, 0.15) is 29.6 Å². The normalized spacial score (nSPS) is 20.4. The second-order valence-electron chi connectivity index (χ2n) is 23.4. The largest absolute Gasteiger partial charge is 0.461 e. The summed E-state index contributed by atoms with van der Waals surface area (Å²) in [6, 6.07) is 19.3. The molecule has 0 aliphatic carbocycles. The van der Waals surface area contributed by atoms with E-state index in [0.717, 1.165) is 109 Å². The zero-order chi connectivity index (χ0) is 61.8. The highest BCUT2D eigenvalue weighted by atomic mass is 32.1. The van der Waals surface area contributed by atoms with Gasteiger partial charge in [0.15, 0.2) is 29.0 Å². The topological polar surface area (TPSA) is 231 Å². The number of fused-ring (bicyclic) bond motifs is 5. The number of ether oxygens (including phenoxy) is 2. The molecule has 12 rings (SSSR count). The molecule has 4 aromatic heterocycles. The summed E-state index contributed by atoms with van der Waals surface area (Å²) in [5.41, 5.74) is 9.71. The maximum absolute atomic E-state index is 16.6. The fourth-order valence-electron chi connectivity index (χ4n) is 13.2. The van der Waals surface area contributed by atoms with Gasteiger partial charge in [0, 0.05) is 101 Å². The van der Waals surface area contributed by atoms with Gasteiger partial charge in [-0.05, 0) is 99.3 Å².